The van der Waals surface area contributed by atoms with Gasteiger partial charge < -0.3 is 15.2 Å². The van der Waals surface area contributed by atoms with Gasteiger partial charge in [-0.1, -0.05) is 42.5 Å². The summed E-state index contributed by atoms with van der Waals surface area (Å²) in [5.74, 6) is -0.0625. The molecule has 0 radical (unpaired) electrons. The predicted molar refractivity (Wildman–Crippen MR) is 117 cm³/mol. The Hall–Kier alpha value is -2.25. The molecule has 1 amide bonds. The normalized spacial score (nSPS) is 21.0. The molecule has 2 unspecified atom stereocenters. The number of fused-ring (bicyclic) bond motifs is 1. The van der Waals surface area contributed by atoms with Crippen LogP contribution in [0.1, 0.15) is 27.5 Å². The second-order valence-electron chi connectivity index (χ2n) is 8.10. The first-order valence-corrected chi connectivity index (χ1v) is 10.8. The average molecular weight is 410 g/mol. The Kier molecular flexibility index (Phi) is 7.12. The summed E-state index contributed by atoms with van der Waals surface area (Å²) in [5, 5.41) is 13.9. The third kappa shape index (κ3) is 5.26. The lowest BCUT2D eigenvalue weighted by Gasteiger charge is -2.39. The van der Waals surface area contributed by atoms with Crippen LogP contribution >= 0.6 is 0 Å². The quantitative estimate of drug-likeness (QED) is 0.729. The molecule has 2 aromatic carbocycles. The Balaban J connectivity index is 1.42. The number of rotatable bonds is 7. The third-order valence-electron chi connectivity index (χ3n) is 6.03. The van der Waals surface area contributed by atoms with Gasteiger partial charge in [0, 0.05) is 44.8 Å². The van der Waals surface area contributed by atoms with Crippen molar-refractivity contribution < 1.29 is 14.6 Å². The monoisotopic (exact) mass is 409 g/mol. The van der Waals surface area contributed by atoms with Crippen molar-refractivity contribution in [3.8, 4) is 0 Å². The summed E-state index contributed by atoms with van der Waals surface area (Å²) in [5.41, 5.74) is 3.24. The highest BCUT2D eigenvalue weighted by Gasteiger charge is 2.29. The van der Waals surface area contributed by atoms with Crippen molar-refractivity contribution >= 4 is 5.91 Å². The van der Waals surface area contributed by atoms with Crippen molar-refractivity contribution in [1.82, 2.24) is 15.1 Å². The zero-order valence-corrected chi connectivity index (χ0v) is 17.4. The molecule has 2 aliphatic rings. The molecule has 2 aliphatic heterocycles. The maximum absolute atomic E-state index is 12.6. The van der Waals surface area contributed by atoms with Gasteiger partial charge in [0.15, 0.2) is 0 Å². The standard InChI is InChI=1S/C24H31N3O3/c28-21(17-26-12-14-30-15-13-26)18-27-11-10-19-6-4-5-9-22(19)23(27)16-25-24(29)20-7-2-1-3-8-20/h1-9,21,23,28H,10-18H2,(H,25,29). The minimum atomic E-state index is -0.430. The number of hydrogen-bond acceptors (Lipinski definition) is 5. The second-order valence-corrected chi connectivity index (χ2v) is 8.10. The van der Waals surface area contributed by atoms with E-state index in [0.29, 0.717) is 25.2 Å². The van der Waals surface area contributed by atoms with Crippen LogP contribution in [0, 0.1) is 0 Å². The van der Waals surface area contributed by atoms with Gasteiger partial charge in [-0.05, 0) is 29.7 Å². The number of ether oxygens (including phenoxy) is 1. The van der Waals surface area contributed by atoms with E-state index < -0.39 is 6.10 Å². The second kappa shape index (κ2) is 10.2. The maximum Gasteiger partial charge on any atom is 0.251 e. The first kappa shape index (κ1) is 21.0. The Bertz CT molecular complexity index is 823. The van der Waals surface area contributed by atoms with E-state index in [0.717, 1.165) is 39.3 Å². The molecule has 0 spiro atoms. The van der Waals surface area contributed by atoms with Crippen LogP contribution in [0.25, 0.3) is 0 Å². The van der Waals surface area contributed by atoms with E-state index in [1.165, 1.54) is 11.1 Å². The molecule has 2 N–H and O–H groups in total. The van der Waals surface area contributed by atoms with E-state index in [2.05, 4.69) is 39.4 Å². The Labute approximate surface area is 178 Å². The molecule has 2 aromatic rings. The summed E-state index contributed by atoms with van der Waals surface area (Å²) in [6, 6.07) is 17.8. The number of nitrogens with one attached hydrogen (secondary N) is 1. The minimum absolute atomic E-state index is 0.0574. The fraction of sp³-hybridized carbons (Fsp3) is 0.458. The number of β-amino-alcohol motifs (C(OH)–C–C–N with tert-alkyl or cyclic N) is 1. The highest BCUT2D eigenvalue weighted by Crippen LogP contribution is 2.29. The van der Waals surface area contributed by atoms with E-state index >= 15 is 0 Å². The molecule has 0 aliphatic carbocycles. The van der Waals surface area contributed by atoms with Gasteiger partial charge in [-0.3, -0.25) is 14.6 Å². The van der Waals surface area contributed by atoms with Crippen LogP contribution in [0.15, 0.2) is 54.6 Å². The van der Waals surface area contributed by atoms with E-state index in [4.69, 9.17) is 4.74 Å². The summed E-state index contributed by atoms with van der Waals surface area (Å²) in [6.07, 6.45) is 0.532. The lowest BCUT2D eigenvalue weighted by Crippen LogP contribution is -2.48. The summed E-state index contributed by atoms with van der Waals surface area (Å²) in [4.78, 5) is 17.2. The van der Waals surface area contributed by atoms with Gasteiger partial charge in [0.1, 0.15) is 0 Å². The van der Waals surface area contributed by atoms with Crippen LogP contribution in [0.5, 0.6) is 0 Å². The van der Waals surface area contributed by atoms with Crippen LogP contribution in [0.3, 0.4) is 0 Å². The number of amides is 1. The molecule has 0 saturated carbocycles. The molecule has 0 bridgehead atoms. The highest BCUT2D eigenvalue weighted by atomic mass is 16.5. The predicted octanol–water partition coefficient (Wildman–Crippen LogP) is 1.71. The summed E-state index contributed by atoms with van der Waals surface area (Å²) < 4.78 is 5.40. The molecular weight excluding hydrogens is 378 g/mol. The lowest BCUT2D eigenvalue weighted by molar-refractivity contribution is 0.00208. The molecule has 2 atom stereocenters. The number of morpholine rings is 1. The first-order chi connectivity index (χ1) is 14.7. The Morgan fingerprint density at radius 3 is 2.57 bits per heavy atom. The van der Waals surface area contributed by atoms with Crippen molar-refractivity contribution in [1.29, 1.82) is 0 Å². The van der Waals surface area contributed by atoms with Gasteiger partial charge in [0.05, 0.1) is 25.4 Å². The fourth-order valence-corrected chi connectivity index (χ4v) is 4.45. The van der Waals surface area contributed by atoms with Crippen molar-refractivity contribution in [2.75, 3.05) is 52.5 Å². The van der Waals surface area contributed by atoms with E-state index in [1.807, 2.05) is 30.3 Å². The van der Waals surface area contributed by atoms with Crippen LogP contribution in [-0.2, 0) is 11.2 Å². The molecular formula is C24H31N3O3. The largest absolute Gasteiger partial charge is 0.390 e. The topological polar surface area (TPSA) is 65.0 Å². The number of nitrogens with zero attached hydrogens (tertiary/aromatic N) is 2. The van der Waals surface area contributed by atoms with Crippen molar-refractivity contribution in [3.05, 3.63) is 71.3 Å². The van der Waals surface area contributed by atoms with Gasteiger partial charge in [-0.2, -0.15) is 0 Å². The van der Waals surface area contributed by atoms with E-state index in [1.54, 1.807) is 0 Å². The molecule has 1 fully saturated rings. The van der Waals surface area contributed by atoms with Gasteiger partial charge in [0.25, 0.3) is 5.91 Å². The average Bonchev–Trinajstić information content (AvgIpc) is 2.79. The van der Waals surface area contributed by atoms with Crippen LogP contribution in [0.4, 0.5) is 0 Å². The van der Waals surface area contributed by atoms with Crippen LogP contribution < -0.4 is 5.32 Å². The summed E-state index contributed by atoms with van der Waals surface area (Å²) in [7, 11) is 0. The number of benzene rings is 2. The number of carbonyl (C=O) groups is 1. The van der Waals surface area contributed by atoms with E-state index in [-0.39, 0.29) is 11.9 Å². The highest BCUT2D eigenvalue weighted by molar-refractivity contribution is 5.94. The Morgan fingerprint density at radius 1 is 1.03 bits per heavy atom. The van der Waals surface area contributed by atoms with Crippen LogP contribution in [-0.4, -0.2) is 79.4 Å². The molecule has 160 valence electrons. The van der Waals surface area contributed by atoms with Gasteiger partial charge in [-0.25, -0.2) is 0 Å². The Morgan fingerprint density at radius 2 is 1.77 bits per heavy atom. The van der Waals surface area contributed by atoms with Crippen LogP contribution in [0.2, 0.25) is 0 Å². The molecule has 0 aromatic heterocycles. The molecule has 6 nitrogen and oxygen atoms in total. The van der Waals surface area contributed by atoms with Crippen molar-refractivity contribution in [2.24, 2.45) is 0 Å². The van der Waals surface area contributed by atoms with Crippen molar-refractivity contribution in [3.63, 3.8) is 0 Å². The maximum atomic E-state index is 12.6. The molecule has 2 heterocycles. The first-order valence-electron chi connectivity index (χ1n) is 10.8. The lowest BCUT2D eigenvalue weighted by atomic mass is 9.92. The number of hydrogen-bond donors (Lipinski definition) is 2. The minimum Gasteiger partial charge on any atom is -0.390 e. The summed E-state index contributed by atoms with van der Waals surface area (Å²) >= 11 is 0. The zero-order chi connectivity index (χ0) is 20.8. The smallest absolute Gasteiger partial charge is 0.251 e. The molecule has 30 heavy (non-hydrogen) atoms. The number of aliphatic hydroxyl groups excluding tert-OH is 1. The van der Waals surface area contributed by atoms with Crippen molar-refractivity contribution in [2.45, 2.75) is 18.6 Å². The van der Waals surface area contributed by atoms with Gasteiger partial charge in [0.2, 0.25) is 0 Å². The SMILES string of the molecule is O=C(NCC1c2ccccc2CCN1CC(O)CN1CCOCC1)c1ccccc1. The van der Waals surface area contributed by atoms with E-state index in [9.17, 15) is 9.90 Å². The number of aliphatic hydroxyl groups is 1. The summed E-state index contributed by atoms with van der Waals surface area (Å²) in [6.45, 7) is 5.86. The van der Waals surface area contributed by atoms with Gasteiger partial charge >= 0.3 is 0 Å². The molecule has 6 heteroatoms. The molecule has 4 rings (SSSR count). The fourth-order valence-electron chi connectivity index (χ4n) is 4.45. The zero-order valence-electron chi connectivity index (χ0n) is 17.4. The third-order valence-corrected chi connectivity index (χ3v) is 6.03. The number of carbonyl (C=O) groups excluding carboxylic acids is 1. The van der Waals surface area contributed by atoms with Gasteiger partial charge in [-0.15, -0.1) is 0 Å². The molecule has 1 saturated heterocycles.